The zero-order valence-corrected chi connectivity index (χ0v) is 7.24. The lowest BCUT2D eigenvalue weighted by Crippen LogP contribution is -2.23. The first-order chi connectivity index (χ1) is 5.76. The highest BCUT2D eigenvalue weighted by Gasteiger charge is 2.01. The predicted octanol–water partition coefficient (Wildman–Crippen LogP) is -0.414. The van der Waals surface area contributed by atoms with Gasteiger partial charge >= 0.3 is 0 Å². The lowest BCUT2D eigenvalue weighted by molar-refractivity contribution is -0.121. The van der Waals surface area contributed by atoms with E-state index in [1.165, 1.54) is 4.68 Å². The summed E-state index contributed by atoms with van der Waals surface area (Å²) >= 11 is 0. The SMILES string of the molecule is CCc1cn(CC(=O)NC)nn1. The van der Waals surface area contributed by atoms with Crippen molar-refractivity contribution in [1.82, 2.24) is 20.3 Å². The van der Waals surface area contributed by atoms with E-state index in [-0.39, 0.29) is 12.5 Å². The van der Waals surface area contributed by atoms with Gasteiger partial charge < -0.3 is 5.32 Å². The minimum absolute atomic E-state index is 0.0671. The number of carbonyl (C=O) groups is 1. The van der Waals surface area contributed by atoms with Gasteiger partial charge in [-0.2, -0.15) is 0 Å². The van der Waals surface area contributed by atoms with Crippen molar-refractivity contribution in [2.45, 2.75) is 19.9 Å². The smallest absolute Gasteiger partial charge is 0.241 e. The zero-order valence-electron chi connectivity index (χ0n) is 7.24. The van der Waals surface area contributed by atoms with Crippen molar-refractivity contribution in [2.75, 3.05) is 7.05 Å². The highest BCUT2D eigenvalue weighted by atomic mass is 16.1. The Morgan fingerprint density at radius 3 is 3.00 bits per heavy atom. The van der Waals surface area contributed by atoms with Crippen LogP contribution in [0.2, 0.25) is 0 Å². The molecule has 66 valence electrons. The summed E-state index contributed by atoms with van der Waals surface area (Å²) in [6.45, 7) is 2.23. The predicted molar refractivity (Wildman–Crippen MR) is 43.5 cm³/mol. The molecule has 1 aromatic rings. The monoisotopic (exact) mass is 168 g/mol. The van der Waals surface area contributed by atoms with E-state index >= 15 is 0 Å². The normalized spacial score (nSPS) is 9.83. The molecule has 0 radical (unpaired) electrons. The molecule has 0 aliphatic carbocycles. The average Bonchev–Trinajstić information content (AvgIpc) is 2.52. The fourth-order valence-corrected chi connectivity index (χ4v) is 0.804. The zero-order chi connectivity index (χ0) is 8.97. The molecule has 0 unspecified atom stereocenters. The fraction of sp³-hybridized carbons (Fsp3) is 0.571. The summed E-state index contributed by atoms with van der Waals surface area (Å²) in [6.07, 6.45) is 2.61. The van der Waals surface area contributed by atoms with Gasteiger partial charge in [0.2, 0.25) is 5.91 Å². The maximum absolute atomic E-state index is 10.9. The molecule has 1 aromatic heterocycles. The number of nitrogens with one attached hydrogen (secondary N) is 1. The molecule has 0 saturated heterocycles. The van der Waals surface area contributed by atoms with E-state index in [4.69, 9.17) is 0 Å². The van der Waals surface area contributed by atoms with Gasteiger partial charge in [-0.25, -0.2) is 4.68 Å². The number of rotatable bonds is 3. The van der Waals surface area contributed by atoms with E-state index in [2.05, 4.69) is 15.6 Å². The van der Waals surface area contributed by atoms with Gasteiger partial charge in [0.25, 0.3) is 0 Å². The van der Waals surface area contributed by atoms with E-state index in [1.807, 2.05) is 6.92 Å². The molecule has 1 heterocycles. The van der Waals surface area contributed by atoms with Crippen LogP contribution in [0.15, 0.2) is 6.20 Å². The molecule has 1 amide bonds. The molecule has 12 heavy (non-hydrogen) atoms. The van der Waals surface area contributed by atoms with Crippen LogP contribution in [0.5, 0.6) is 0 Å². The van der Waals surface area contributed by atoms with Crippen LogP contribution < -0.4 is 5.32 Å². The first-order valence-corrected chi connectivity index (χ1v) is 3.86. The van der Waals surface area contributed by atoms with Gasteiger partial charge in [-0.1, -0.05) is 12.1 Å². The Morgan fingerprint density at radius 1 is 1.75 bits per heavy atom. The van der Waals surface area contributed by atoms with Crippen LogP contribution >= 0.6 is 0 Å². The van der Waals surface area contributed by atoms with Gasteiger partial charge in [0.05, 0.1) is 5.69 Å². The Labute approximate surface area is 70.8 Å². The van der Waals surface area contributed by atoms with Crippen LogP contribution in [0, 0.1) is 0 Å². The number of likely N-dealkylation sites (N-methyl/N-ethyl adjacent to an activating group) is 1. The van der Waals surface area contributed by atoms with Crippen LogP contribution in [0.25, 0.3) is 0 Å². The molecular formula is C7H12N4O. The third-order valence-corrected chi connectivity index (χ3v) is 1.53. The minimum atomic E-state index is -0.0671. The molecule has 0 aliphatic heterocycles. The highest BCUT2D eigenvalue weighted by Crippen LogP contribution is 1.92. The molecule has 0 fully saturated rings. The molecule has 1 N–H and O–H groups in total. The first kappa shape index (κ1) is 8.70. The van der Waals surface area contributed by atoms with Crippen LogP contribution in [0.3, 0.4) is 0 Å². The third kappa shape index (κ3) is 2.05. The van der Waals surface area contributed by atoms with E-state index in [0.29, 0.717) is 0 Å². The second-order valence-corrected chi connectivity index (χ2v) is 2.43. The highest BCUT2D eigenvalue weighted by molar-refractivity contribution is 5.75. The molecule has 0 saturated carbocycles. The minimum Gasteiger partial charge on any atom is -0.358 e. The van der Waals surface area contributed by atoms with Crippen molar-refractivity contribution in [3.63, 3.8) is 0 Å². The van der Waals surface area contributed by atoms with Crippen molar-refractivity contribution < 1.29 is 4.79 Å². The number of amides is 1. The van der Waals surface area contributed by atoms with Crippen molar-refractivity contribution in [3.8, 4) is 0 Å². The standard InChI is InChI=1S/C7H12N4O/c1-3-6-4-11(10-9-6)5-7(12)8-2/h4H,3,5H2,1-2H3,(H,8,12). The van der Waals surface area contributed by atoms with Crippen molar-refractivity contribution in [1.29, 1.82) is 0 Å². The van der Waals surface area contributed by atoms with Crippen molar-refractivity contribution >= 4 is 5.91 Å². The van der Waals surface area contributed by atoms with Gasteiger partial charge in [0.15, 0.2) is 0 Å². The Hall–Kier alpha value is -1.39. The summed E-state index contributed by atoms with van der Waals surface area (Å²) in [7, 11) is 1.60. The fourth-order valence-electron chi connectivity index (χ4n) is 0.804. The van der Waals surface area contributed by atoms with Crippen molar-refractivity contribution in [2.24, 2.45) is 0 Å². The molecule has 5 nitrogen and oxygen atoms in total. The summed E-state index contributed by atoms with van der Waals surface area (Å²) in [6, 6.07) is 0. The molecule has 0 aliphatic rings. The molecule has 0 atom stereocenters. The quantitative estimate of drug-likeness (QED) is 0.667. The molecule has 5 heteroatoms. The molecule has 0 aromatic carbocycles. The van der Waals surface area contributed by atoms with E-state index in [1.54, 1.807) is 13.2 Å². The number of carbonyl (C=O) groups excluding carboxylic acids is 1. The summed E-state index contributed by atoms with van der Waals surface area (Å²) in [5.74, 6) is -0.0671. The number of hydrogen-bond donors (Lipinski definition) is 1. The largest absolute Gasteiger partial charge is 0.358 e. The number of hydrogen-bond acceptors (Lipinski definition) is 3. The molecule has 1 rings (SSSR count). The second-order valence-electron chi connectivity index (χ2n) is 2.43. The Bertz CT molecular complexity index is 268. The van der Waals surface area contributed by atoms with Gasteiger partial charge in [0.1, 0.15) is 6.54 Å². The van der Waals surface area contributed by atoms with Gasteiger partial charge in [0, 0.05) is 13.2 Å². The Balaban J connectivity index is 2.58. The first-order valence-electron chi connectivity index (χ1n) is 3.86. The molecule has 0 spiro atoms. The number of aryl methyl sites for hydroxylation is 1. The maximum Gasteiger partial charge on any atom is 0.241 e. The summed E-state index contributed by atoms with van der Waals surface area (Å²) in [4.78, 5) is 10.9. The Kier molecular flexibility index (Phi) is 2.79. The second kappa shape index (κ2) is 3.85. The van der Waals surface area contributed by atoms with E-state index in [0.717, 1.165) is 12.1 Å². The number of aromatic nitrogens is 3. The van der Waals surface area contributed by atoms with Crippen molar-refractivity contribution in [3.05, 3.63) is 11.9 Å². The van der Waals surface area contributed by atoms with E-state index < -0.39 is 0 Å². The van der Waals surface area contributed by atoms with Gasteiger partial charge in [-0.05, 0) is 6.42 Å². The van der Waals surface area contributed by atoms with Gasteiger partial charge in [-0.15, -0.1) is 5.10 Å². The molecular weight excluding hydrogens is 156 g/mol. The van der Waals surface area contributed by atoms with Crippen LogP contribution in [-0.2, 0) is 17.8 Å². The molecule has 0 bridgehead atoms. The average molecular weight is 168 g/mol. The summed E-state index contributed by atoms with van der Waals surface area (Å²) < 4.78 is 1.53. The lowest BCUT2D eigenvalue weighted by Gasteiger charge is -1.96. The summed E-state index contributed by atoms with van der Waals surface area (Å²) in [5, 5.41) is 10.1. The lowest BCUT2D eigenvalue weighted by atomic mass is 10.4. The van der Waals surface area contributed by atoms with Gasteiger partial charge in [-0.3, -0.25) is 4.79 Å². The Morgan fingerprint density at radius 2 is 2.50 bits per heavy atom. The van der Waals surface area contributed by atoms with Crippen LogP contribution in [-0.4, -0.2) is 27.9 Å². The topological polar surface area (TPSA) is 59.8 Å². The maximum atomic E-state index is 10.9. The van der Waals surface area contributed by atoms with Crippen LogP contribution in [0.1, 0.15) is 12.6 Å². The van der Waals surface area contributed by atoms with E-state index in [9.17, 15) is 4.79 Å². The number of nitrogens with zero attached hydrogens (tertiary/aromatic N) is 3. The third-order valence-electron chi connectivity index (χ3n) is 1.53. The van der Waals surface area contributed by atoms with Crippen LogP contribution in [0.4, 0.5) is 0 Å². The summed E-state index contributed by atoms with van der Waals surface area (Å²) in [5.41, 5.74) is 0.902.